The van der Waals surface area contributed by atoms with Gasteiger partial charge in [0.2, 0.25) is 0 Å². The van der Waals surface area contributed by atoms with Crippen molar-refractivity contribution >= 4 is 5.69 Å². The minimum Gasteiger partial charge on any atom is -0.364 e. The van der Waals surface area contributed by atoms with Gasteiger partial charge in [0, 0.05) is 12.6 Å². The quantitative estimate of drug-likeness (QED) is 0.802. The molecule has 90 valence electrons. The van der Waals surface area contributed by atoms with Crippen LogP contribution < -0.4 is 4.90 Å². The Morgan fingerprint density at radius 3 is 2.35 bits per heavy atom. The van der Waals surface area contributed by atoms with Crippen LogP contribution in [0.15, 0.2) is 12.1 Å². The number of benzene rings is 1. The smallest absolute Gasteiger partial charge is 0.150 e. The van der Waals surface area contributed by atoms with Gasteiger partial charge in [-0.15, -0.1) is 0 Å². The Labute approximate surface area is 99.5 Å². The van der Waals surface area contributed by atoms with Gasteiger partial charge in [-0.05, 0) is 31.4 Å². The van der Waals surface area contributed by atoms with E-state index in [1.165, 1.54) is 0 Å². The summed E-state index contributed by atoms with van der Waals surface area (Å²) in [7, 11) is 0. The predicted molar refractivity (Wildman–Crippen MR) is 61.7 cm³/mol. The first kappa shape index (κ1) is 11.8. The van der Waals surface area contributed by atoms with E-state index < -0.39 is 11.6 Å². The van der Waals surface area contributed by atoms with E-state index in [-0.39, 0.29) is 17.3 Å². The predicted octanol–water partition coefficient (Wildman–Crippen LogP) is 3.22. The highest BCUT2D eigenvalue weighted by atomic mass is 19.1. The van der Waals surface area contributed by atoms with Gasteiger partial charge >= 0.3 is 0 Å². The van der Waals surface area contributed by atoms with E-state index >= 15 is 0 Å². The van der Waals surface area contributed by atoms with Crippen LogP contribution in [0.2, 0.25) is 0 Å². The molecule has 17 heavy (non-hydrogen) atoms. The third-order valence-electron chi connectivity index (χ3n) is 2.89. The Bertz CT molecular complexity index is 438. The molecule has 4 heteroatoms. The van der Waals surface area contributed by atoms with Crippen LogP contribution in [-0.2, 0) is 0 Å². The summed E-state index contributed by atoms with van der Waals surface area (Å²) < 4.78 is 27.7. The number of nitriles is 1. The molecule has 0 amide bonds. The Hall–Kier alpha value is -1.63. The number of nitrogens with zero attached hydrogens (tertiary/aromatic N) is 2. The van der Waals surface area contributed by atoms with E-state index in [1.54, 1.807) is 11.0 Å². The lowest BCUT2D eigenvalue weighted by Gasteiger charge is -2.25. The topological polar surface area (TPSA) is 27.0 Å². The van der Waals surface area contributed by atoms with Gasteiger partial charge in [0.1, 0.15) is 5.69 Å². The van der Waals surface area contributed by atoms with Crippen molar-refractivity contribution in [3.05, 3.63) is 29.3 Å². The zero-order valence-electron chi connectivity index (χ0n) is 9.71. The van der Waals surface area contributed by atoms with E-state index in [4.69, 9.17) is 5.26 Å². The van der Waals surface area contributed by atoms with Crippen LogP contribution in [0.4, 0.5) is 14.5 Å². The van der Waals surface area contributed by atoms with Gasteiger partial charge < -0.3 is 4.90 Å². The van der Waals surface area contributed by atoms with Crippen LogP contribution in [-0.4, -0.2) is 12.6 Å². The lowest BCUT2D eigenvalue weighted by molar-refractivity contribution is 0.566. The second kappa shape index (κ2) is 4.70. The summed E-state index contributed by atoms with van der Waals surface area (Å²) in [5, 5.41) is 8.64. The van der Waals surface area contributed by atoms with E-state index in [2.05, 4.69) is 0 Å². The fourth-order valence-electron chi connectivity index (χ4n) is 2.01. The van der Waals surface area contributed by atoms with Crippen molar-refractivity contribution in [2.75, 3.05) is 11.4 Å². The van der Waals surface area contributed by atoms with Crippen LogP contribution in [0.3, 0.4) is 0 Å². The van der Waals surface area contributed by atoms with E-state index in [1.807, 2.05) is 6.92 Å². The molecule has 2 nitrogen and oxygen atoms in total. The lowest BCUT2D eigenvalue weighted by Crippen LogP contribution is -2.28. The first-order valence-electron chi connectivity index (χ1n) is 5.83. The minimum absolute atomic E-state index is 0.0216. The molecule has 0 N–H and O–H groups in total. The zero-order valence-corrected chi connectivity index (χ0v) is 9.71. The highest BCUT2D eigenvalue weighted by Gasteiger charge is 2.32. The third-order valence-corrected chi connectivity index (χ3v) is 2.89. The van der Waals surface area contributed by atoms with Crippen molar-refractivity contribution in [2.45, 2.75) is 32.2 Å². The van der Waals surface area contributed by atoms with Gasteiger partial charge in [-0.1, -0.05) is 6.92 Å². The maximum atomic E-state index is 13.8. The average Bonchev–Trinajstić information content (AvgIpc) is 3.10. The van der Waals surface area contributed by atoms with Crippen molar-refractivity contribution in [1.29, 1.82) is 5.26 Å². The van der Waals surface area contributed by atoms with Gasteiger partial charge in [-0.25, -0.2) is 8.78 Å². The Morgan fingerprint density at radius 1 is 1.35 bits per heavy atom. The maximum absolute atomic E-state index is 13.8. The third kappa shape index (κ3) is 2.38. The molecule has 1 aromatic carbocycles. The van der Waals surface area contributed by atoms with Crippen LogP contribution >= 0.6 is 0 Å². The maximum Gasteiger partial charge on any atom is 0.150 e. The first-order valence-corrected chi connectivity index (χ1v) is 5.83. The number of halogens is 2. The summed E-state index contributed by atoms with van der Waals surface area (Å²) in [5.74, 6) is -1.27. The second-order valence-corrected chi connectivity index (χ2v) is 4.32. The second-order valence-electron chi connectivity index (χ2n) is 4.32. The Morgan fingerprint density at radius 2 is 1.94 bits per heavy atom. The normalized spacial score (nSPS) is 14.5. The SMILES string of the molecule is CCCN(c1c(F)cc(C#N)cc1F)C1CC1. The first-order chi connectivity index (χ1) is 8.17. The van der Waals surface area contributed by atoms with Crippen LogP contribution in [0.25, 0.3) is 0 Å². The monoisotopic (exact) mass is 236 g/mol. The molecule has 1 aliphatic rings. The molecule has 0 bridgehead atoms. The highest BCUT2D eigenvalue weighted by molar-refractivity contribution is 5.54. The lowest BCUT2D eigenvalue weighted by atomic mass is 10.1. The molecule has 0 heterocycles. The molecule has 0 unspecified atom stereocenters. The van der Waals surface area contributed by atoms with E-state index in [0.717, 1.165) is 31.4 Å². The van der Waals surface area contributed by atoms with Crippen LogP contribution in [0.5, 0.6) is 0 Å². The molecular formula is C13H14F2N2. The fourth-order valence-corrected chi connectivity index (χ4v) is 2.01. The van der Waals surface area contributed by atoms with Crippen molar-refractivity contribution < 1.29 is 8.78 Å². The largest absolute Gasteiger partial charge is 0.364 e. The van der Waals surface area contributed by atoms with Crippen molar-refractivity contribution in [3.8, 4) is 6.07 Å². The molecule has 1 aliphatic carbocycles. The molecular weight excluding hydrogens is 222 g/mol. The summed E-state index contributed by atoms with van der Waals surface area (Å²) in [6.45, 7) is 2.62. The molecule has 0 radical (unpaired) electrons. The highest BCUT2D eigenvalue weighted by Crippen LogP contribution is 2.35. The summed E-state index contributed by atoms with van der Waals surface area (Å²) in [5.41, 5.74) is 0.0457. The Kier molecular flexibility index (Phi) is 3.28. The molecule has 0 spiro atoms. The number of rotatable bonds is 4. The fraction of sp³-hybridized carbons (Fsp3) is 0.462. The standard InChI is InChI=1S/C13H14F2N2/c1-2-5-17(10-3-4-10)13-11(14)6-9(8-16)7-12(13)15/h6-7,10H,2-5H2,1H3. The van der Waals surface area contributed by atoms with E-state index in [0.29, 0.717) is 6.54 Å². The summed E-state index contributed by atoms with van der Waals surface area (Å²) in [4.78, 5) is 1.78. The molecule has 0 aliphatic heterocycles. The molecule has 1 fully saturated rings. The molecule has 0 aromatic heterocycles. The molecule has 0 atom stereocenters. The van der Waals surface area contributed by atoms with Gasteiger partial charge in [-0.3, -0.25) is 0 Å². The van der Waals surface area contributed by atoms with Gasteiger partial charge in [0.15, 0.2) is 11.6 Å². The molecule has 2 rings (SSSR count). The molecule has 1 saturated carbocycles. The number of hydrogen-bond donors (Lipinski definition) is 0. The van der Waals surface area contributed by atoms with Gasteiger partial charge in [0.05, 0.1) is 11.6 Å². The van der Waals surface area contributed by atoms with Crippen LogP contribution in [0, 0.1) is 23.0 Å². The summed E-state index contributed by atoms with van der Waals surface area (Å²) in [6, 6.07) is 4.21. The minimum atomic E-state index is -0.637. The summed E-state index contributed by atoms with van der Waals surface area (Å²) in [6.07, 6.45) is 2.81. The molecule has 0 saturated heterocycles. The van der Waals surface area contributed by atoms with Crippen molar-refractivity contribution in [1.82, 2.24) is 0 Å². The summed E-state index contributed by atoms with van der Waals surface area (Å²) >= 11 is 0. The average molecular weight is 236 g/mol. The molecule has 1 aromatic rings. The number of anilines is 1. The van der Waals surface area contributed by atoms with Crippen molar-refractivity contribution in [3.63, 3.8) is 0 Å². The van der Waals surface area contributed by atoms with Crippen molar-refractivity contribution in [2.24, 2.45) is 0 Å². The van der Waals surface area contributed by atoms with E-state index in [9.17, 15) is 8.78 Å². The Balaban J connectivity index is 2.39. The van der Waals surface area contributed by atoms with Gasteiger partial charge in [-0.2, -0.15) is 5.26 Å². The number of hydrogen-bond acceptors (Lipinski definition) is 2. The zero-order chi connectivity index (χ0) is 12.4. The van der Waals surface area contributed by atoms with Crippen LogP contribution in [0.1, 0.15) is 31.7 Å². The van der Waals surface area contributed by atoms with Gasteiger partial charge in [0.25, 0.3) is 0 Å².